The summed E-state index contributed by atoms with van der Waals surface area (Å²) in [4.78, 5) is 0.897. The van der Waals surface area contributed by atoms with Gasteiger partial charge in [0.1, 0.15) is 0 Å². The number of hydrogen-bond donors (Lipinski definition) is 2. The average molecular weight is 437 g/mol. The molecule has 3 aromatic rings. The maximum Gasteiger partial charge on any atom is 0.238 e. The number of thiophene rings is 1. The molecule has 0 atom stereocenters. The first-order chi connectivity index (χ1) is 13.1. The van der Waals surface area contributed by atoms with Crippen molar-refractivity contribution in [2.45, 2.75) is 24.0 Å². The molecule has 0 aliphatic heterocycles. The summed E-state index contributed by atoms with van der Waals surface area (Å²) in [6, 6.07) is 15.7. The summed E-state index contributed by atoms with van der Waals surface area (Å²) < 4.78 is 49.7. The monoisotopic (exact) mass is 436 g/mol. The van der Waals surface area contributed by atoms with Gasteiger partial charge in [-0.3, -0.25) is 4.72 Å². The zero-order chi connectivity index (χ0) is 20.5. The smallest absolute Gasteiger partial charge is 0.238 e. The maximum absolute atomic E-state index is 12.2. The van der Waals surface area contributed by atoms with Crippen LogP contribution in [0.3, 0.4) is 0 Å². The normalized spacial score (nSPS) is 12.3. The van der Waals surface area contributed by atoms with Gasteiger partial charge in [-0.15, -0.1) is 11.3 Å². The zero-order valence-electron chi connectivity index (χ0n) is 15.3. The van der Waals surface area contributed by atoms with Crippen molar-refractivity contribution in [2.24, 2.45) is 5.14 Å². The molecule has 0 aliphatic carbocycles. The molecular formula is C19H20N2O4S3. The van der Waals surface area contributed by atoms with E-state index in [-0.39, 0.29) is 4.90 Å². The standard InChI is InChI=1S/C19H20N2O4S3/c1-13(2)28(24,25)21-18-11-12-26-19(18)16-5-3-14(4-6-16)15-7-9-17(10-8-15)27(20,22)23/h3-13,21H,1-2H3,(H2,20,22,23). The van der Waals surface area contributed by atoms with Gasteiger partial charge in [-0.05, 0) is 54.1 Å². The van der Waals surface area contributed by atoms with Gasteiger partial charge in [0.25, 0.3) is 0 Å². The first-order valence-corrected chi connectivity index (χ1v) is 12.4. The molecule has 3 rings (SSSR count). The number of sulfonamides is 2. The summed E-state index contributed by atoms with van der Waals surface area (Å²) in [5.41, 5.74) is 3.21. The van der Waals surface area contributed by atoms with Crippen molar-refractivity contribution in [3.63, 3.8) is 0 Å². The molecule has 0 amide bonds. The first kappa shape index (κ1) is 20.5. The fourth-order valence-corrected chi connectivity index (χ4v) is 4.69. The van der Waals surface area contributed by atoms with Crippen molar-refractivity contribution in [3.8, 4) is 21.6 Å². The van der Waals surface area contributed by atoms with Gasteiger partial charge in [-0.2, -0.15) is 0 Å². The minimum atomic E-state index is -3.72. The van der Waals surface area contributed by atoms with Crippen LogP contribution in [0.1, 0.15) is 13.8 Å². The van der Waals surface area contributed by atoms with Crippen LogP contribution in [0.15, 0.2) is 64.9 Å². The first-order valence-electron chi connectivity index (χ1n) is 8.41. The summed E-state index contributed by atoms with van der Waals surface area (Å²) in [6.45, 7) is 3.26. The maximum atomic E-state index is 12.2. The number of benzene rings is 2. The van der Waals surface area contributed by atoms with E-state index in [1.54, 1.807) is 32.0 Å². The Morgan fingerprint density at radius 1 is 0.821 bits per heavy atom. The predicted molar refractivity (Wildman–Crippen MR) is 114 cm³/mol. The Labute approximate surface area is 169 Å². The van der Waals surface area contributed by atoms with Crippen LogP contribution in [-0.2, 0) is 20.0 Å². The van der Waals surface area contributed by atoms with Crippen molar-refractivity contribution in [1.82, 2.24) is 0 Å². The fourth-order valence-electron chi connectivity index (χ4n) is 2.54. The van der Waals surface area contributed by atoms with Gasteiger partial charge in [0.15, 0.2) is 0 Å². The fraction of sp³-hybridized carbons (Fsp3) is 0.158. The minimum absolute atomic E-state index is 0.0635. The minimum Gasteiger partial charge on any atom is -0.282 e. The Morgan fingerprint density at radius 2 is 1.32 bits per heavy atom. The highest BCUT2D eigenvalue weighted by Gasteiger charge is 2.18. The second kappa shape index (κ2) is 7.67. The highest BCUT2D eigenvalue weighted by Crippen LogP contribution is 2.35. The van der Waals surface area contributed by atoms with Gasteiger partial charge in [-0.25, -0.2) is 22.0 Å². The van der Waals surface area contributed by atoms with Crippen molar-refractivity contribution < 1.29 is 16.8 Å². The Morgan fingerprint density at radius 3 is 1.82 bits per heavy atom. The van der Waals surface area contributed by atoms with E-state index in [1.807, 2.05) is 29.6 Å². The molecule has 0 fully saturated rings. The molecular weight excluding hydrogens is 416 g/mol. The summed E-state index contributed by atoms with van der Waals surface area (Å²) in [5.74, 6) is 0. The molecule has 0 radical (unpaired) electrons. The lowest BCUT2D eigenvalue weighted by Gasteiger charge is -2.12. The van der Waals surface area contributed by atoms with E-state index in [2.05, 4.69) is 4.72 Å². The van der Waals surface area contributed by atoms with E-state index in [0.29, 0.717) is 5.69 Å². The highest BCUT2D eigenvalue weighted by atomic mass is 32.2. The third-order valence-corrected chi connectivity index (χ3v) is 7.84. The van der Waals surface area contributed by atoms with E-state index in [0.717, 1.165) is 21.6 Å². The largest absolute Gasteiger partial charge is 0.282 e. The highest BCUT2D eigenvalue weighted by molar-refractivity contribution is 7.93. The van der Waals surface area contributed by atoms with E-state index < -0.39 is 25.3 Å². The molecule has 1 aromatic heterocycles. The molecule has 0 saturated heterocycles. The number of primary sulfonamides is 1. The molecule has 6 nitrogen and oxygen atoms in total. The van der Waals surface area contributed by atoms with Crippen LogP contribution in [0.5, 0.6) is 0 Å². The quantitative estimate of drug-likeness (QED) is 0.611. The van der Waals surface area contributed by atoms with Gasteiger partial charge in [0.2, 0.25) is 20.0 Å². The summed E-state index contributed by atoms with van der Waals surface area (Å²) in [5, 5.41) is 6.44. The van der Waals surface area contributed by atoms with Crippen LogP contribution >= 0.6 is 11.3 Å². The van der Waals surface area contributed by atoms with E-state index in [4.69, 9.17) is 5.14 Å². The van der Waals surface area contributed by atoms with E-state index >= 15 is 0 Å². The van der Waals surface area contributed by atoms with Crippen molar-refractivity contribution in [1.29, 1.82) is 0 Å². The lowest BCUT2D eigenvalue weighted by Crippen LogP contribution is -2.22. The molecule has 1 heterocycles. The Hall–Kier alpha value is -2.20. The van der Waals surface area contributed by atoms with Crippen LogP contribution in [0, 0.1) is 0 Å². The van der Waals surface area contributed by atoms with Gasteiger partial charge in [0, 0.05) is 0 Å². The SMILES string of the molecule is CC(C)S(=O)(=O)Nc1ccsc1-c1ccc(-c2ccc(S(N)(=O)=O)cc2)cc1. The number of hydrogen-bond acceptors (Lipinski definition) is 5. The van der Waals surface area contributed by atoms with E-state index in [9.17, 15) is 16.8 Å². The topological polar surface area (TPSA) is 106 Å². The molecule has 0 aliphatic rings. The molecule has 0 unspecified atom stereocenters. The van der Waals surface area contributed by atoms with Crippen molar-refractivity contribution in [2.75, 3.05) is 4.72 Å². The van der Waals surface area contributed by atoms with Crippen molar-refractivity contribution in [3.05, 3.63) is 60.0 Å². The number of anilines is 1. The van der Waals surface area contributed by atoms with Crippen LogP contribution in [0.4, 0.5) is 5.69 Å². The van der Waals surface area contributed by atoms with Crippen molar-refractivity contribution >= 4 is 37.1 Å². The molecule has 0 bridgehead atoms. The molecule has 0 saturated carbocycles. The lowest BCUT2D eigenvalue weighted by molar-refractivity contribution is 0.592. The molecule has 2 aromatic carbocycles. The number of rotatable bonds is 6. The van der Waals surface area contributed by atoms with Gasteiger partial charge in [0.05, 0.1) is 20.7 Å². The van der Waals surface area contributed by atoms with Crippen LogP contribution in [0.25, 0.3) is 21.6 Å². The molecule has 148 valence electrons. The Balaban J connectivity index is 1.87. The molecule has 9 heteroatoms. The van der Waals surface area contributed by atoms with Crippen LogP contribution < -0.4 is 9.86 Å². The molecule has 0 spiro atoms. The Bertz CT molecular complexity index is 1180. The average Bonchev–Trinajstić information content (AvgIpc) is 3.08. The molecule has 3 N–H and O–H groups in total. The second-order valence-electron chi connectivity index (χ2n) is 6.51. The Kier molecular flexibility index (Phi) is 5.62. The summed E-state index contributed by atoms with van der Waals surface area (Å²) in [7, 11) is -7.14. The zero-order valence-corrected chi connectivity index (χ0v) is 17.7. The van der Waals surface area contributed by atoms with E-state index in [1.165, 1.54) is 23.5 Å². The number of nitrogens with two attached hydrogens (primary N) is 1. The van der Waals surface area contributed by atoms with Crippen LogP contribution in [-0.4, -0.2) is 22.1 Å². The lowest BCUT2D eigenvalue weighted by atomic mass is 10.0. The third-order valence-electron chi connectivity index (χ3n) is 4.20. The number of nitrogens with one attached hydrogen (secondary N) is 1. The summed E-state index contributed by atoms with van der Waals surface area (Å²) in [6.07, 6.45) is 0. The molecule has 28 heavy (non-hydrogen) atoms. The van der Waals surface area contributed by atoms with Gasteiger partial charge >= 0.3 is 0 Å². The van der Waals surface area contributed by atoms with Gasteiger partial charge in [-0.1, -0.05) is 36.4 Å². The third kappa shape index (κ3) is 4.44. The van der Waals surface area contributed by atoms with Crippen LogP contribution in [0.2, 0.25) is 0 Å². The van der Waals surface area contributed by atoms with Gasteiger partial charge < -0.3 is 0 Å². The summed E-state index contributed by atoms with van der Waals surface area (Å²) >= 11 is 1.45. The second-order valence-corrected chi connectivity index (χ2v) is 11.2. The predicted octanol–water partition coefficient (Wildman–Crippen LogP) is 3.88.